The van der Waals surface area contributed by atoms with Crippen molar-refractivity contribution in [2.75, 3.05) is 43.4 Å². The van der Waals surface area contributed by atoms with Crippen LogP contribution in [-0.2, 0) is 9.53 Å². The molecule has 0 aromatic heterocycles. The van der Waals surface area contributed by atoms with Gasteiger partial charge in [0.1, 0.15) is 5.60 Å². The number of piperazine rings is 1. The number of anilines is 2. The van der Waals surface area contributed by atoms with Crippen LogP contribution in [0.5, 0.6) is 0 Å². The third kappa shape index (κ3) is 7.12. The Morgan fingerprint density at radius 3 is 2.09 bits per heavy atom. The second-order valence-corrected chi connectivity index (χ2v) is 9.14. The molecule has 8 nitrogen and oxygen atoms in total. The Labute approximate surface area is 198 Å². The molecule has 2 N–H and O–H groups in total. The molecule has 3 rings (SSSR count). The maximum Gasteiger partial charge on any atom is 0.410 e. The summed E-state index contributed by atoms with van der Waals surface area (Å²) in [6.45, 7) is 7.27. The van der Waals surface area contributed by atoms with Crippen molar-refractivity contribution in [3.63, 3.8) is 0 Å². The summed E-state index contributed by atoms with van der Waals surface area (Å²) in [5.41, 5.74) is 1.14. The number of carbonyl (C=O) groups is 3. The zero-order chi connectivity index (χ0) is 24.0. The van der Waals surface area contributed by atoms with E-state index >= 15 is 0 Å². The van der Waals surface area contributed by atoms with Crippen LogP contribution in [0.25, 0.3) is 0 Å². The van der Waals surface area contributed by atoms with E-state index in [9.17, 15) is 14.4 Å². The van der Waals surface area contributed by atoms with Crippen molar-refractivity contribution in [1.82, 2.24) is 9.80 Å². The van der Waals surface area contributed by atoms with Crippen LogP contribution in [0.4, 0.5) is 16.2 Å². The molecule has 1 aliphatic rings. The number of halogens is 1. The van der Waals surface area contributed by atoms with Crippen molar-refractivity contribution in [3.05, 3.63) is 59.1 Å². The van der Waals surface area contributed by atoms with Crippen molar-refractivity contribution < 1.29 is 19.1 Å². The molecule has 1 aliphatic heterocycles. The summed E-state index contributed by atoms with van der Waals surface area (Å²) in [7, 11) is 0. The lowest BCUT2D eigenvalue weighted by atomic mass is 10.2. The summed E-state index contributed by atoms with van der Waals surface area (Å²) in [5, 5.41) is 6.52. The molecule has 176 valence electrons. The molecule has 1 fully saturated rings. The van der Waals surface area contributed by atoms with E-state index in [1.165, 1.54) is 0 Å². The number of para-hydroxylation sites is 2. The smallest absolute Gasteiger partial charge is 0.410 e. The second-order valence-electron chi connectivity index (χ2n) is 8.71. The van der Waals surface area contributed by atoms with E-state index in [2.05, 4.69) is 10.6 Å². The molecular formula is C24H29ClN4O4. The van der Waals surface area contributed by atoms with Gasteiger partial charge < -0.3 is 25.2 Å². The number of nitrogens with zero attached hydrogens (tertiary/aromatic N) is 2. The first-order valence-electron chi connectivity index (χ1n) is 10.8. The first kappa shape index (κ1) is 24.4. The first-order chi connectivity index (χ1) is 15.6. The van der Waals surface area contributed by atoms with Gasteiger partial charge in [-0.2, -0.15) is 0 Å². The molecule has 1 heterocycles. The third-order valence-corrected chi connectivity index (χ3v) is 5.25. The number of hydrogen-bond donors (Lipinski definition) is 2. The normalized spacial score (nSPS) is 13.9. The van der Waals surface area contributed by atoms with Crippen molar-refractivity contribution in [3.8, 4) is 0 Å². The highest BCUT2D eigenvalue weighted by molar-refractivity contribution is 6.30. The van der Waals surface area contributed by atoms with Crippen LogP contribution in [0.2, 0.25) is 5.02 Å². The highest BCUT2D eigenvalue weighted by Crippen LogP contribution is 2.22. The summed E-state index contributed by atoms with van der Waals surface area (Å²) >= 11 is 5.88. The molecular weight excluding hydrogens is 444 g/mol. The number of carbonyl (C=O) groups excluding carboxylic acids is 3. The van der Waals surface area contributed by atoms with Gasteiger partial charge in [-0.1, -0.05) is 23.7 Å². The topological polar surface area (TPSA) is 91.0 Å². The zero-order valence-electron chi connectivity index (χ0n) is 19.1. The lowest BCUT2D eigenvalue weighted by Gasteiger charge is -2.35. The lowest BCUT2D eigenvalue weighted by Crippen LogP contribution is -2.52. The number of hydrogen-bond acceptors (Lipinski definition) is 5. The van der Waals surface area contributed by atoms with Crippen LogP contribution >= 0.6 is 11.6 Å². The van der Waals surface area contributed by atoms with Gasteiger partial charge in [0.05, 0.1) is 17.9 Å². The van der Waals surface area contributed by atoms with Crippen LogP contribution in [-0.4, -0.2) is 66.0 Å². The van der Waals surface area contributed by atoms with Crippen LogP contribution in [0.15, 0.2) is 48.5 Å². The Morgan fingerprint density at radius 2 is 1.48 bits per heavy atom. The molecule has 1 saturated heterocycles. The Kier molecular flexibility index (Phi) is 7.81. The monoisotopic (exact) mass is 472 g/mol. The fraction of sp³-hybridized carbons (Fsp3) is 0.375. The van der Waals surface area contributed by atoms with Gasteiger partial charge in [-0.25, -0.2) is 4.79 Å². The molecule has 0 spiro atoms. The highest BCUT2D eigenvalue weighted by Gasteiger charge is 2.27. The van der Waals surface area contributed by atoms with E-state index in [4.69, 9.17) is 16.3 Å². The molecule has 2 aromatic rings. The Morgan fingerprint density at radius 1 is 0.909 bits per heavy atom. The molecule has 0 radical (unpaired) electrons. The first-order valence-corrected chi connectivity index (χ1v) is 11.2. The van der Waals surface area contributed by atoms with Crippen LogP contribution < -0.4 is 10.6 Å². The molecule has 0 unspecified atom stereocenters. The molecule has 9 heteroatoms. The Bertz CT molecular complexity index is 996. The summed E-state index contributed by atoms with van der Waals surface area (Å²) in [6, 6.07) is 13.8. The van der Waals surface area contributed by atoms with E-state index in [0.29, 0.717) is 48.1 Å². The molecule has 33 heavy (non-hydrogen) atoms. The van der Waals surface area contributed by atoms with E-state index in [1.54, 1.807) is 52.3 Å². The van der Waals surface area contributed by atoms with E-state index in [1.807, 2.05) is 26.8 Å². The van der Waals surface area contributed by atoms with Crippen molar-refractivity contribution >= 4 is 40.9 Å². The highest BCUT2D eigenvalue weighted by atomic mass is 35.5. The molecule has 0 bridgehead atoms. The van der Waals surface area contributed by atoms with Gasteiger partial charge in [-0.15, -0.1) is 0 Å². The van der Waals surface area contributed by atoms with Crippen molar-refractivity contribution in [2.24, 2.45) is 0 Å². The fourth-order valence-corrected chi connectivity index (χ4v) is 3.42. The minimum absolute atomic E-state index is 0.0697. The Hall–Kier alpha value is -3.26. The quantitative estimate of drug-likeness (QED) is 0.684. The van der Waals surface area contributed by atoms with Gasteiger partial charge in [0, 0.05) is 36.8 Å². The SMILES string of the molecule is CC(C)(C)OC(=O)N1CCN(C(=O)CNc2ccccc2NC(=O)c2ccc(Cl)cc2)CC1. The van der Waals surface area contributed by atoms with Gasteiger partial charge >= 0.3 is 6.09 Å². The van der Waals surface area contributed by atoms with Gasteiger partial charge in [-0.3, -0.25) is 9.59 Å². The average Bonchev–Trinajstić information content (AvgIpc) is 2.77. The average molecular weight is 473 g/mol. The maximum absolute atomic E-state index is 12.7. The van der Waals surface area contributed by atoms with Crippen LogP contribution in [0.1, 0.15) is 31.1 Å². The molecule has 0 aliphatic carbocycles. The van der Waals surface area contributed by atoms with Crippen LogP contribution in [0, 0.1) is 0 Å². The largest absolute Gasteiger partial charge is 0.444 e. The van der Waals surface area contributed by atoms with Gasteiger partial charge in [0.25, 0.3) is 5.91 Å². The number of rotatable bonds is 5. The fourth-order valence-electron chi connectivity index (χ4n) is 3.29. The zero-order valence-corrected chi connectivity index (χ0v) is 19.8. The molecule has 0 saturated carbocycles. The predicted octanol–water partition coefficient (Wildman–Crippen LogP) is 4.08. The number of ether oxygens (including phenoxy) is 1. The third-order valence-electron chi connectivity index (χ3n) is 5.00. The van der Waals surface area contributed by atoms with Crippen molar-refractivity contribution in [2.45, 2.75) is 26.4 Å². The summed E-state index contributed by atoms with van der Waals surface area (Å²) in [5.74, 6) is -0.358. The van der Waals surface area contributed by atoms with E-state index in [0.717, 1.165) is 0 Å². The molecule has 3 amide bonds. The number of amides is 3. The Balaban J connectivity index is 1.52. The van der Waals surface area contributed by atoms with E-state index in [-0.39, 0.29) is 24.5 Å². The minimum atomic E-state index is -0.551. The van der Waals surface area contributed by atoms with Gasteiger partial charge in [0.15, 0.2) is 0 Å². The van der Waals surface area contributed by atoms with Crippen molar-refractivity contribution in [1.29, 1.82) is 0 Å². The number of benzene rings is 2. The summed E-state index contributed by atoms with van der Waals surface area (Å²) in [4.78, 5) is 40.7. The predicted molar refractivity (Wildman–Crippen MR) is 129 cm³/mol. The molecule has 2 aromatic carbocycles. The van der Waals surface area contributed by atoms with Gasteiger partial charge in [0.2, 0.25) is 5.91 Å². The minimum Gasteiger partial charge on any atom is -0.444 e. The summed E-state index contributed by atoms with van der Waals surface area (Å²) in [6.07, 6.45) is -0.363. The van der Waals surface area contributed by atoms with E-state index < -0.39 is 5.60 Å². The summed E-state index contributed by atoms with van der Waals surface area (Å²) < 4.78 is 5.39. The second kappa shape index (κ2) is 10.6. The van der Waals surface area contributed by atoms with Crippen LogP contribution in [0.3, 0.4) is 0 Å². The lowest BCUT2D eigenvalue weighted by molar-refractivity contribution is -0.131. The standard InChI is InChI=1S/C24H29ClN4O4/c1-24(2,3)33-23(32)29-14-12-28(13-15-29)21(30)16-26-19-6-4-5-7-20(19)27-22(31)17-8-10-18(25)11-9-17/h4-11,26H,12-16H2,1-3H3,(H,27,31). The number of nitrogens with one attached hydrogen (secondary N) is 2. The maximum atomic E-state index is 12.7. The van der Waals surface area contributed by atoms with Gasteiger partial charge in [-0.05, 0) is 57.2 Å². The molecule has 0 atom stereocenters.